The number of carbonyl (C=O) groups is 2. The molecule has 2 amide bonds. The predicted octanol–water partition coefficient (Wildman–Crippen LogP) is 4.10. The van der Waals surface area contributed by atoms with E-state index in [4.69, 9.17) is 14.6 Å². The molecule has 2 aromatic heterocycles. The van der Waals surface area contributed by atoms with Crippen molar-refractivity contribution in [3.8, 4) is 28.4 Å². The van der Waals surface area contributed by atoms with Gasteiger partial charge in [0.15, 0.2) is 5.69 Å². The highest BCUT2D eigenvalue weighted by molar-refractivity contribution is 7.08. The minimum Gasteiger partial charge on any atom is -0.496 e. The van der Waals surface area contributed by atoms with E-state index in [2.05, 4.69) is 4.99 Å². The molecule has 10 heteroatoms. The number of fused-ring (bicyclic) bond motifs is 3. The van der Waals surface area contributed by atoms with Gasteiger partial charge in [-0.2, -0.15) is 21.4 Å². The molecule has 0 bridgehead atoms. The van der Waals surface area contributed by atoms with Gasteiger partial charge in [0.25, 0.3) is 11.8 Å². The lowest BCUT2D eigenvalue weighted by Crippen LogP contribution is -2.43. The second kappa shape index (κ2) is 9.18. The molecule has 4 rings (SSSR count). The summed E-state index contributed by atoms with van der Waals surface area (Å²) in [5.41, 5.74) is 3.08. The van der Waals surface area contributed by atoms with Gasteiger partial charge in [-0.1, -0.05) is 0 Å². The summed E-state index contributed by atoms with van der Waals surface area (Å²) < 4.78 is 13.3. The Balaban J connectivity index is 1.93. The number of rotatable bonds is 5. The van der Waals surface area contributed by atoms with Crippen LogP contribution in [-0.4, -0.2) is 71.5 Å². The SMILES string of the molecule is COc1cc2c(cc1C(=O)/N=C/N(C)C)-c1c(c(C(=O)N(C)C(C)(C)C)nn1-c1ccsc1)CO2. The van der Waals surface area contributed by atoms with Gasteiger partial charge >= 0.3 is 0 Å². The van der Waals surface area contributed by atoms with Gasteiger partial charge in [-0.25, -0.2) is 4.68 Å². The van der Waals surface area contributed by atoms with Crippen molar-refractivity contribution in [3.05, 3.63) is 45.8 Å². The molecule has 3 aromatic rings. The summed E-state index contributed by atoms with van der Waals surface area (Å²) in [6.45, 7) is 6.08. The van der Waals surface area contributed by atoms with Crippen molar-refractivity contribution in [2.75, 3.05) is 28.3 Å². The van der Waals surface area contributed by atoms with Crippen LogP contribution in [0.15, 0.2) is 34.0 Å². The lowest BCUT2D eigenvalue weighted by atomic mass is 9.98. The van der Waals surface area contributed by atoms with E-state index in [0.717, 1.165) is 5.69 Å². The van der Waals surface area contributed by atoms with Gasteiger partial charge in [0.1, 0.15) is 18.1 Å². The van der Waals surface area contributed by atoms with Crippen molar-refractivity contribution in [1.82, 2.24) is 19.6 Å². The Morgan fingerprint density at radius 2 is 2.00 bits per heavy atom. The third-order valence-electron chi connectivity index (χ3n) is 5.81. The molecule has 0 fully saturated rings. The number of methoxy groups -OCH3 is 1. The summed E-state index contributed by atoms with van der Waals surface area (Å²) in [5.74, 6) is 0.256. The number of ether oxygens (including phenoxy) is 2. The van der Waals surface area contributed by atoms with E-state index in [0.29, 0.717) is 39.6 Å². The van der Waals surface area contributed by atoms with Crippen LogP contribution in [0.25, 0.3) is 16.9 Å². The summed E-state index contributed by atoms with van der Waals surface area (Å²) in [6.07, 6.45) is 1.44. The first-order chi connectivity index (χ1) is 16.5. The molecule has 1 aliphatic rings. The number of hydrogen-bond acceptors (Lipinski definition) is 6. The van der Waals surface area contributed by atoms with Crippen molar-refractivity contribution in [2.24, 2.45) is 4.99 Å². The number of aliphatic imine (C=N–C) groups is 1. The van der Waals surface area contributed by atoms with Crippen molar-refractivity contribution in [1.29, 1.82) is 0 Å². The molecule has 0 unspecified atom stereocenters. The van der Waals surface area contributed by atoms with E-state index >= 15 is 0 Å². The Hall–Kier alpha value is -3.66. The number of benzene rings is 1. The minimum absolute atomic E-state index is 0.167. The highest BCUT2D eigenvalue weighted by Crippen LogP contribution is 2.44. The molecule has 0 saturated heterocycles. The van der Waals surface area contributed by atoms with Gasteiger partial charge in [-0.3, -0.25) is 9.59 Å². The smallest absolute Gasteiger partial charge is 0.282 e. The molecule has 35 heavy (non-hydrogen) atoms. The first-order valence-electron chi connectivity index (χ1n) is 11.1. The fourth-order valence-corrected chi connectivity index (χ4v) is 4.27. The summed E-state index contributed by atoms with van der Waals surface area (Å²) in [7, 11) is 6.83. The molecule has 0 radical (unpaired) electrons. The maximum Gasteiger partial charge on any atom is 0.282 e. The van der Waals surface area contributed by atoms with Crippen LogP contribution in [0.4, 0.5) is 0 Å². The topological polar surface area (TPSA) is 89.3 Å². The fourth-order valence-electron chi connectivity index (χ4n) is 3.65. The minimum atomic E-state index is -0.448. The van der Waals surface area contributed by atoms with E-state index in [1.54, 1.807) is 47.8 Å². The molecule has 0 N–H and O–H groups in total. The van der Waals surface area contributed by atoms with Crippen LogP contribution < -0.4 is 9.47 Å². The second-order valence-corrected chi connectivity index (χ2v) is 10.2. The maximum atomic E-state index is 13.5. The van der Waals surface area contributed by atoms with Crippen molar-refractivity contribution >= 4 is 29.5 Å². The van der Waals surface area contributed by atoms with Gasteiger partial charge in [-0.05, 0) is 38.3 Å². The van der Waals surface area contributed by atoms with Gasteiger partial charge in [0.2, 0.25) is 0 Å². The zero-order valence-corrected chi connectivity index (χ0v) is 21.8. The Morgan fingerprint density at radius 1 is 1.26 bits per heavy atom. The zero-order chi connectivity index (χ0) is 25.5. The molecule has 0 spiro atoms. The third kappa shape index (κ3) is 4.53. The second-order valence-electron chi connectivity index (χ2n) is 9.45. The summed E-state index contributed by atoms with van der Waals surface area (Å²) in [6, 6.07) is 5.32. The van der Waals surface area contributed by atoms with Crippen LogP contribution in [0.1, 0.15) is 47.2 Å². The molecular formula is C25H29N5O4S. The number of hydrogen-bond donors (Lipinski definition) is 0. The van der Waals surface area contributed by atoms with Crippen LogP contribution in [0, 0.1) is 0 Å². The van der Waals surface area contributed by atoms with Gasteiger partial charge in [0.05, 0.1) is 30.4 Å². The van der Waals surface area contributed by atoms with Crippen molar-refractivity contribution < 1.29 is 19.1 Å². The molecular weight excluding hydrogens is 466 g/mol. The predicted molar refractivity (Wildman–Crippen MR) is 136 cm³/mol. The van der Waals surface area contributed by atoms with Crippen molar-refractivity contribution in [3.63, 3.8) is 0 Å². The lowest BCUT2D eigenvalue weighted by molar-refractivity contribution is 0.0646. The van der Waals surface area contributed by atoms with Crippen LogP contribution in [-0.2, 0) is 6.61 Å². The van der Waals surface area contributed by atoms with Crippen molar-refractivity contribution in [2.45, 2.75) is 32.9 Å². The Kier molecular flexibility index (Phi) is 6.42. The molecule has 9 nitrogen and oxygen atoms in total. The van der Waals surface area contributed by atoms with Crippen LogP contribution in [0.2, 0.25) is 0 Å². The quantitative estimate of drug-likeness (QED) is 0.391. The molecule has 1 aliphatic heterocycles. The molecule has 1 aromatic carbocycles. The van der Waals surface area contributed by atoms with E-state index in [1.807, 2.05) is 37.6 Å². The molecule has 0 aliphatic carbocycles. The fraction of sp³-hybridized carbons (Fsp3) is 0.360. The third-order valence-corrected chi connectivity index (χ3v) is 6.48. The number of amides is 2. The summed E-state index contributed by atoms with van der Waals surface area (Å²) in [5, 5.41) is 8.65. The van der Waals surface area contributed by atoms with Crippen LogP contribution in [0.3, 0.4) is 0 Å². The highest BCUT2D eigenvalue weighted by atomic mass is 32.1. The van der Waals surface area contributed by atoms with Gasteiger partial charge in [-0.15, -0.1) is 0 Å². The zero-order valence-electron chi connectivity index (χ0n) is 20.9. The van der Waals surface area contributed by atoms with Crippen LogP contribution >= 0.6 is 11.3 Å². The lowest BCUT2D eigenvalue weighted by Gasteiger charge is -2.31. The highest BCUT2D eigenvalue weighted by Gasteiger charge is 2.35. The normalized spacial score (nSPS) is 12.7. The first-order valence-corrected chi connectivity index (χ1v) is 12.0. The Bertz CT molecular complexity index is 1300. The van der Waals surface area contributed by atoms with E-state index < -0.39 is 5.91 Å². The van der Waals surface area contributed by atoms with Crippen LogP contribution in [0.5, 0.6) is 11.5 Å². The number of aromatic nitrogens is 2. The molecule has 184 valence electrons. The number of carbonyl (C=O) groups excluding carboxylic acids is 2. The monoisotopic (exact) mass is 495 g/mol. The Labute approximate surface area is 208 Å². The maximum absolute atomic E-state index is 13.5. The van der Waals surface area contributed by atoms with E-state index in [9.17, 15) is 9.59 Å². The largest absolute Gasteiger partial charge is 0.496 e. The van der Waals surface area contributed by atoms with Gasteiger partial charge in [0, 0.05) is 49.3 Å². The average molecular weight is 496 g/mol. The van der Waals surface area contributed by atoms with E-state index in [1.165, 1.54) is 24.8 Å². The molecule has 3 heterocycles. The molecule has 0 saturated carbocycles. The molecule has 0 atom stereocenters. The average Bonchev–Trinajstić information content (AvgIpc) is 3.48. The van der Waals surface area contributed by atoms with E-state index in [-0.39, 0.29) is 18.1 Å². The standard InChI is InChI=1S/C25H29N5O4S/c1-25(2,3)29(6)24(32)21-18-12-34-20-11-19(33-7)17(23(31)26-14-28(4)5)10-16(20)22(18)30(27-21)15-8-9-35-13-15/h8-11,13-14H,12H2,1-7H3/b26-14+. The van der Waals surface area contributed by atoms with Gasteiger partial charge < -0.3 is 19.3 Å². The Morgan fingerprint density at radius 3 is 2.60 bits per heavy atom. The first kappa shape index (κ1) is 24.5. The summed E-state index contributed by atoms with van der Waals surface area (Å²) >= 11 is 1.53. The summed E-state index contributed by atoms with van der Waals surface area (Å²) in [4.78, 5) is 33.8. The number of nitrogens with zero attached hydrogens (tertiary/aromatic N) is 5. The number of thiophene rings is 1.